The van der Waals surface area contributed by atoms with Crippen LogP contribution in [0, 0.1) is 6.92 Å². The molecule has 0 aliphatic carbocycles. The molecule has 1 amide bonds. The van der Waals surface area contributed by atoms with Crippen LogP contribution in [0.15, 0.2) is 29.3 Å². The minimum Gasteiger partial charge on any atom is -0.273 e. The fourth-order valence-electron chi connectivity index (χ4n) is 1.56. The Morgan fingerprint density at radius 3 is 2.56 bits per heavy atom. The quantitative estimate of drug-likeness (QED) is 0.741. The molecule has 1 aromatic rings. The zero-order chi connectivity index (χ0) is 11.7. The molecule has 2 unspecified atom stereocenters. The number of aryl methyl sites for hydroxylation is 1. The van der Waals surface area contributed by atoms with Gasteiger partial charge in [-0.1, -0.05) is 17.7 Å². The third-order valence-electron chi connectivity index (χ3n) is 2.68. The van der Waals surface area contributed by atoms with Crippen molar-refractivity contribution in [1.82, 2.24) is 0 Å². The lowest BCUT2D eigenvalue weighted by Gasteiger charge is -2.27. The van der Waals surface area contributed by atoms with Gasteiger partial charge in [0.15, 0.2) is 0 Å². The van der Waals surface area contributed by atoms with Gasteiger partial charge in [0.2, 0.25) is 5.91 Å². The summed E-state index contributed by atoms with van der Waals surface area (Å²) >= 11 is 4.28. The van der Waals surface area contributed by atoms with E-state index in [0.717, 1.165) is 5.69 Å². The second-order valence-electron chi connectivity index (χ2n) is 3.99. The van der Waals surface area contributed by atoms with E-state index in [1.54, 1.807) is 11.2 Å². The molecule has 2 rings (SSSR count). The van der Waals surface area contributed by atoms with Gasteiger partial charge in [0.25, 0.3) is 0 Å². The molecule has 0 saturated carbocycles. The molecule has 0 spiro atoms. The van der Waals surface area contributed by atoms with Crippen molar-refractivity contribution in [3.63, 3.8) is 0 Å². The van der Waals surface area contributed by atoms with E-state index >= 15 is 0 Å². The molecule has 84 valence electrons. The number of aliphatic imine (C=N–C) groups is 1. The van der Waals surface area contributed by atoms with E-state index in [1.807, 2.05) is 38.1 Å². The second kappa shape index (κ2) is 4.29. The molecule has 0 radical (unpaired) electrons. The van der Waals surface area contributed by atoms with Crippen LogP contribution in [0.5, 0.6) is 0 Å². The molecule has 1 aliphatic heterocycles. The lowest BCUT2D eigenvalue weighted by atomic mass is 10.1. The maximum atomic E-state index is 12.0. The monoisotopic (exact) mass is 234 g/mol. The number of amides is 1. The fraction of sp³-hybridized carbons (Fsp3) is 0.333. The molecule has 1 aromatic carbocycles. The van der Waals surface area contributed by atoms with Crippen molar-refractivity contribution >= 4 is 30.6 Å². The Kier molecular flexibility index (Phi) is 3.01. The number of hydrogen-bond donors (Lipinski definition) is 1. The highest BCUT2D eigenvalue weighted by Crippen LogP contribution is 2.21. The summed E-state index contributed by atoms with van der Waals surface area (Å²) in [6, 6.07) is 7.72. The van der Waals surface area contributed by atoms with Crippen LogP contribution in [-0.2, 0) is 4.79 Å². The van der Waals surface area contributed by atoms with Gasteiger partial charge < -0.3 is 0 Å². The minimum atomic E-state index is -0.355. The first kappa shape index (κ1) is 11.2. The summed E-state index contributed by atoms with van der Waals surface area (Å²) in [5, 5.41) is -0.355. The van der Waals surface area contributed by atoms with Gasteiger partial charge >= 0.3 is 0 Å². The third kappa shape index (κ3) is 1.97. The van der Waals surface area contributed by atoms with Crippen LogP contribution in [0.2, 0.25) is 0 Å². The molecule has 0 aromatic heterocycles. The molecule has 2 atom stereocenters. The first-order chi connectivity index (χ1) is 7.59. The molecular weight excluding hydrogens is 220 g/mol. The highest BCUT2D eigenvalue weighted by molar-refractivity contribution is 7.82. The molecule has 16 heavy (non-hydrogen) atoms. The molecular formula is C12H14N2OS. The lowest BCUT2D eigenvalue weighted by molar-refractivity contribution is -0.117. The summed E-state index contributed by atoms with van der Waals surface area (Å²) in [6.07, 6.45) is 1.59. The Labute approximate surface area is 101 Å². The highest BCUT2D eigenvalue weighted by Gasteiger charge is 2.29. The number of anilines is 1. The summed E-state index contributed by atoms with van der Waals surface area (Å²) in [5.41, 5.74) is 2.01. The predicted molar refractivity (Wildman–Crippen MR) is 69.4 cm³/mol. The lowest BCUT2D eigenvalue weighted by Crippen LogP contribution is -2.44. The van der Waals surface area contributed by atoms with E-state index in [1.165, 1.54) is 5.56 Å². The summed E-state index contributed by atoms with van der Waals surface area (Å²) in [5.74, 6) is -0.0188. The van der Waals surface area contributed by atoms with Crippen molar-refractivity contribution in [1.29, 1.82) is 0 Å². The van der Waals surface area contributed by atoms with Crippen LogP contribution in [0.25, 0.3) is 0 Å². The van der Waals surface area contributed by atoms with Crippen molar-refractivity contribution in [3.8, 4) is 0 Å². The van der Waals surface area contributed by atoms with Crippen molar-refractivity contribution in [3.05, 3.63) is 29.8 Å². The van der Waals surface area contributed by atoms with E-state index in [-0.39, 0.29) is 17.2 Å². The zero-order valence-corrected chi connectivity index (χ0v) is 10.2. The van der Waals surface area contributed by atoms with Gasteiger partial charge in [-0.15, -0.1) is 0 Å². The number of thiol groups is 1. The van der Waals surface area contributed by atoms with Crippen LogP contribution in [0.3, 0.4) is 0 Å². The summed E-state index contributed by atoms with van der Waals surface area (Å²) in [7, 11) is 0. The molecule has 4 heteroatoms. The molecule has 0 bridgehead atoms. The Morgan fingerprint density at radius 2 is 1.94 bits per heavy atom. The largest absolute Gasteiger partial charge is 0.273 e. The number of benzene rings is 1. The fourth-order valence-corrected chi connectivity index (χ4v) is 1.76. The SMILES string of the molecule is Cc1ccc(N2C=NC(C)C(S)C2=O)cc1. The maximum Gasteiger partial charge on any atom is 0.247 e. The van der Waals surface area contributed by atoms with Crippen molar-refractivity contribution in [2.75, 3.05) is 4.90 Å². The van der Waals surface area contributed by atoms with Gasteiger partial charge in [-0.25, -0.2) is 0 Å². The first-order valence-electron chi connectivity index (χ1n) is 5.20. The van der Waals surface area contributed by atoms with Gasteiger partial charge in [0, 0.05) is 5.69 Å². The molecule has 3 nitrogen and oxygen atoms in total. The smallest absolute Gasteiger partial charge is 0.247 e. The van der Waals surface area contributed by atoms with Gasteiger partial charge in [0.1, 0.15) is 5.25 Å². The van der Waals surface area contributed by atoms with E-state index in [2.05, 4.69) is 17.6 Å². The highest BCUT2D eigenvalue weighted by atomic mass is 32.1. The molecule has 0 saturated heterocycles. The van der Waals surface area contributed by atoms with Crippen molar-refractivity contribution < 1.29 is 4.79 Å². The second-order valence-corrected chi connectivity index (χ2v) is 4.55. The van der Waals surface area contributed by atoms with Gasteiger partial charge in [-0.3, -0.25) is 14.7 Å². The number of rotatable bonds is 1. The van der Waals surface area contributed by atoms with Crippen LogP contribution in [0.1, 0.15) is 12.5 Å². The predicted octanol–water partition coefficient (Wildman–Crippen LogP) is 2.06. The molecule has 1 heterocycles. The van der Waals surface area contributed by atoms with E-state index in [9.17, 15) is 4.79 Å². The number of nitrogens with zero attached hydrogens (tertiary/aromatic N) is 2. The molecule has 1 aliphatic rings. The van der Waals surface area contributed by atoms with E-state index in [4.69, 9.17) is 0 Å². The Morgan fingerprint density at radius 1 is 1.31 bits per heavy atom. The zero-order valence-electron chi connectivity index (χ0n) is 9.29. The normalized spacial score (nSPS) is 24.9. The topological polar surface area (TPSA) is 32.7 Å². The van der Waals surface area contributed by atoms with Gasteiger partial charge in [-0.2, -0.15) is 12.6 Å². The third-order valence-corrected chi connectivity index (χ3v) is 3.33. The molecule has 0 fully saturated rings. The van der Waals surface area contributed by atoms with Gasteiger partial charge in [-0.05, 0) is 26.0 Å². The average Bonchev–Trinajstić information content (AvgIpc) is 2.28. The first-order valence-corrected chi connectivity index (χ1v) is 5.72. The van der Waals surface area contributed by atoms with E-state index < -0.39 is 0 Å². The Balaban J connectivity index is 2.31. The Hall–Kier alpha value is -1.29. The molecule has 0 N–H and O–H groups in total. The van der Waals surface area contributed by atoms with Gasteiger partial charge in [0.05, 0.1) is 12.4 Å². The van der Waals surface area contributed by atoms with Crippen LogP contribution < -0.4 is 4.90 Å². The van der Waals surface area contributed by atoms with Crippen LogP contribution >= 0.6 is 12.6 Å². The standard InChI is InChI=1S/C12H14N2OS/c1-8-3-5-10(6-4-8)14-7-13-9(2)11(16)12(14)15/h3-7,9,11,16H,1-2H3. The number of carbonyl (C=O) groups excluding carboxylic acids is 1. The maximum absolute atomic E-state index is 12.0. The van der Waals surface area contributed by atoms with Crippen LogP contribution in [-0.4, -0.2) is 23.5 Å². The average molecular weight is 234 g/mol. The Bertz CT molecular complexity index is 427. The minimum absolute atomic E-state index is 0.0188. The summed E-state index contributed by atoms with van der Waals surface area (Å²) in [6.45, 7) is 3.90. The van der Waals surface area contributed by atoms with E-state index in [0.29, 0.717) is 0 Å². The van der Waals surface area contributed by atoms with Crippen LogP contribution in [0.4, 0.5) is 5.69 Å². The summed E-state index contributed by atoms with van der Waals surface area (Å²) < 4.78 is 0. The number of hydrogen-bond acceptors (Lipinski definition) is 3. The van der Waals surface area contributed by atoms with Crippen molar-refractivity contribution in [2.45, 2.75) is 25.1 Å². The van der Waals surface area contributed by atoms with Crippen molar-refractivity contribution in [2.24, 2.45) is 4.99 Å². The number of carbonyl (C=O) groups is 1. The summed E-state index contributed by atoms with van der Waals surface area (Å²) in [4.78, 5) is 17.8.